The van der Waals surface area contributed by atoms with Crippen molar-refractivity contribution in [2.75, 3.05) is 13.2 Å². The van der Waals surface area contributed by atoms with Crippen molar-refractivity contribution in [1.29, 1.82) is 0 Å². The third-order valence-corrected chi connectivity index (χ3v) is 4.38. The Hall–Kier alpha value is -0.870. The quantitative estimate of drug-likeness (QED) is 0.903. The highest BCUT2D eigenvalue weighted by atomic mass is 79.9. The Morgan fingerprint density at radius 2 is 2.21 bits per heavy atom. The summed E-state index contributed by atoms with van der Waals surface area (Å²) in [5.74, 6) is 0.0775. The van der Waals surface area contributed by atoms with Crippen LogP contribution in [0.3, 0.4) is 0 Å². The molecule has 0 aromatic heterocycles. The Labute approximate surface area is 122 Å². The van der Waals surface area contributed by atoms with Crippen molar-refractivity contribution >= 4 is 21.8 Å². The molecule has 0 radical (unpaired) electrons. The average Bonchev–Trinajstić information content (AvgIpc) is 2.34. The molecule has 0 unspecified atom stereocenters. The van der Waals surface area contributed by atoms with Gasteiger partial charge >= 0.3 is 0 Å². The lowest BCUT2D eigenvalue weighted by Gasteiger charge is -2.37. The van der Waals surface area contributed by atoms with Crippen molar-refractivity contribution in [3.63, 3.8) is 0 Å². The molecule has 1 amide bonds. The van der Waals surface area contributed by atoms with Crippen molar-refractivity contribution in [3.05, 3.63) is 33.8 Å². The summed E-state index contributed by atoms with van der Waals surface area (Å²) >= 11 is 3.46. The van der Waals surface area contributed by atoms with Crippen molar-refractivity contribution in [3.8, 4) is 0 Å². The Morgan fingerprint density at radius 3 is 2.79 bits per heavy atom. The number of aryl methyl sites for hydroxylation is 1. The number of halogens is 1. The molecule has 19 heavy (non-hydrogen) atoms. The van der Waals surface area contributed by atoms with Crippen LogP contribution >= 0.6 is 15.9 Å². The Kier molecular flexibility index (Phi) is 4.99. The van der Waals surface area contributed by atoms with Crippen LogP contribution in [0.15, 0.2) is 22.7 Å². The van der Waals surface area contributed by atoms with Gasteiger partial charge in [-0.2, -0.15) is 0 Å². The monoisotopic (exact) mass is 325 g/mol. The summed E-state index contributed by atoms with van der Waals surface area (Å²) in [4.78, 5) is 14.6. The first-order chi connectivity index (χ1) is 9.13. The van der Waals surface area contributed by atoms with E-state index in [9.17, 15) is 4.79 Å². The normalized spacial score (nSPS) is 15.1. The van der Waals surface area contributed by atoms with Gasteiger partial charge in [-0.1, -0.05) is 11.6 Å². The first-order valence-corrected chi connectivity index (χ1v) is 7.60. The van der Waals surface area contributed by atoms with E-state index in [1.165, 1.54) is 6.42 Å². The fourth-order valence-corrected chi connectivity index (χ4v) is 2.76. The minimum atomic E-state index is 0.0775. The van der Waals surface area contributed by atoms with Crippen LogP contribution in [0.4, 0.5) is 0 Å². The number of hydrogen-bond donors (Lipinski definition) is 1. The van der Waals surface area contributed by atoms with Gasteiger partial charge < -0.3 is 10.0 Å². The molecule has 1 aliphatic carbocycles. The first-order valence-electron chi connectivity index (χ1n) is 6.81. The minimum absolute atomic E-state index is 0.0775. The number of aliphatic hydroxyl groups is 1. The highest BCUT2D eigenvalue weighted by molar-refractivity contribution is 9.10. The van der Waals surface area contributed by atoms with E-state index >= 15 is 0 Å². The topological polar surface area (TPSA) is 40.5 Å². The first kappa shape index (κ1) is 14.5. The minimum Gasteiger partial charge on any atom is -0.396 e. The predicted octanol–water partition coefficient (Wildman–Crippen LogP) is 3.13. The SMILES string of the molecule is Cc1ccc(Br)c(C(=O)N(CCCO)C2CCC2)c1. The van der Waals surface area contributed by atoms with Crippen molar-refractivity contribution in [1.82, 2.24) is 4.90 Å². The molecule has 1 aromatic carbocycles. The highest BCUT2D eigenvalue weighted by Crippen LogP contribution is 2.28. The molecule has 4 heteroatoms. The zero-order chi connectivity index (χ0) is 13.8. The van der Waals surface area contributed by atoms with Crippen LogP contribution in [-0.4, -0.2) is 35.1 Å². The maximum absolute atomic E-state index is 12.7. The number of hydrogen-bond acceptors (Lipinski definition) is 2. The molecular weight excluding hydrogens is 306 g/mol. The molecule has 0 aliphatic heterocycles. The Morgan fingerprint density at radius 1 is 1.47 bits per heavy atom. The number of carbonyl (C=O) groups is 1. The molecule has 1 fully saturated rings. The van der Waals surface area contributed by atoms with Crippen LogP contribution in [0.25, 0.3) is 0 Å². The van der Waals surface area contributed by atoms with Crippen LogP contribution in [0, 0.1) is 6.92 Å². The summed E-state index contributed by atoms with van der Waals surface area (Å²) in [6.45, 7) is 2.76. The van der Waals surface area contributed by atoms with Gasteiger partial charge in [0.2, 0.25) is 0 Å². The van der Waals surface area contributed by atoms with Gasteiger partial charge in [-0.15, -0.1) is 0 Å². The van der Waals surface area contributed by atoms with Gasteiger partial charge in [0.25, 0.3) is 5.91 Å². The van der Waals surface area contributed by atoms with Gasteiger partial charge in [0.05, 0.1) is 5.56 Å². The number of amides is 1. The molecule has 1 N–H and O–H groups in total. The van der Waals surface area contributed by atoms with Gasteiger partial charge in [0.15, 0.2) is 0 Å². The lowest BCUT2D eigenvalue weighted by molar-refractivity contribution is 0.0561. The lowest BCUT2D eigenvalue weighted by Crippen LogP contribution is -2.45. The van der Waals surface area contributed by atoms with E-state index in [4.69, 9.17) is 5.11 Å². The maximum atomic E-state index is 12.7. The summed E-state index contributed by atoms with van der Waals surface area (Å²) in [5, 5.41) is 8.99. The molecule has 3 nitrogen and oxygen atoms in total. The van der Waals surface area contributed by atoms with E-state index < -0.39 is 0 Å². The highest BCUT2D eigenvalue weighted by Gasteiger charge is 2.29. The second-order valence-corrected chi connectivity index (χ2v) is 6.00. The number of rotatable bonds is 5. The molecule has 104 valence electrons. The summed E-state index contributed by atoms with van der Waals surface area (Å²) in [6.07, 6.45) is 4.01. The van der Waals surface area contributed by atoms with Crippen LogP contribution in [0.5, 0.6) is 0 Å². The van der Waals surface area contributed by atoms with Crippen LogP contribution in [0.1, 0.15) is 41.6 Å². The summed E-state index contributed by atoms with van der Waals surface area (Å²) < 4.78 is 0.844. The Bertz CT molecular complexity index is 457. The molecule has 0 spiro atoms. The summed E-state index contributed by atoms with van der Waals surface area (Å²) in [6, 6.07) is 6.19. The summed E-state index contributed by atoms with van der Waals surface area (Å²) in [5.41, 5.74) is 1.81. The second-order valence-electron chi connectivity index (χ2n) is 5.14. The third-order valence-electron chi connectivity index (χ3n) is 3.69. The summed E-state index contributed by atoms with van der Waals surface area (Å²) in [7, 11) is 0. The zero-order valence-corrected chi connectivity index (χ0v) is 12.8. The molecule has 0 saturated heterocycles. The number of benzene rings is 1. The van der Waals surface area contributed by atoms with E-state index in [1.54, 1.807) is 0 Å². The zero-order valence-electron chi connectivity index (χ0n) is 11.2. The van der Waals surface area contributed by atoms with Gasteiger partial charge in [0, 0.05) is 23.7 Å². The van der Waals surface area contributed by atoms with Crippen molar-refractivity contribution < 1.29 is 9.90 Å². The van der Waals surface area contributed by atoms with Crippen molar-refractivity contribution in [2.45, 2.75) is 38.6 Å². The smallest absolute Gasteiger partial charge is 0.255 e. The fraction of sp³-hybridized carbons (Fsp3) is 0.533. The van der Waals surface area contributed by atoms with Crippen LogP contribution in [-0.2, 0) is 0 Å². The van der Waals surface area contributed by atoms with E-state index in [0.717, 1.165) is 28.4 Å². The van der Waals surface area contributed by atoms with Gasteiger partial charge in [-0.3, -0.25) is 4.79 Å². The molecule has 1 aliphatic rings. The molecule has 1 aromatic rings. The van der Waals surface area contributed by atoms with E-state index in [2.05, 4.69) is 15.9 Å². The molecular formula is C15H20BrNO2. The lowest BCUT2D eigenvalue weighted by atomic mass is 9.90. The van der Waals surface area contributed by atoms with Gasteiger partial charge in [-0.25, -0.2) is 0 Å². The number of nitrogens with zero attached hydrogens (tertiary/aromatic N) is 1. The van der Waals surface area contributed by atoms with Crippen LogP contribution in [0.2, 0.25) is 0 Å². The van der Waals surface area contributed by atoms with E-state index in [1.807, 2.05) is 30.0 Å². The maximum Gasteiger partial charge on any atom is 0.255 e. The standard InChI is InChI=1S/C15H20BrNO2/c1-11-6-7-14(16)13(10-11)15(19)17(8-3-9-18)12-4-2-5-12/h6-7,10,12,18H,2-5,8-9H2,1H3. The predicted molar refractivity (Wildman–Crippen MR) is 79.3 cm³/mol. The van der Waals surface area contributed by atoms with Crippen molar-refractivity contribution in [2.24, 2.45) is 0 Å². The molecule has 1 saturated carbocycles. The fourth-order valence-electron chi connectivity index (χ4n) is 2.35. The second kappa shape index (κ2) is 6.53. The third kappa shape index (κ3) is 3.37. The van der Waals surface area contributed by atoms with E-state index in [-0.39, 0.29) is 12.5 Å². The molecule has 2 rings (SSSR count). The Balaban J connectivity index is 2.19. The van der Waals surface area contributed by atoms with Crippen LogP contribution < -0.4 is 0 Å². The average molecular weight is 326 g/mol. The van der Waals surface area contributed by atoms with Gasteiger partial charge in [0.1, 0.15) is 0 Å². The van der Waals surface area contributed by atoms with Gasteiger partial charge in [-0.05, 0) is 60.7 Å². The number of carbonyl (C=O) groups excluding carboxylic acids is 1. The number of aliphatic hydroxyl groups excluding tert-OH is 1. The molecule has 0 atom stereocenters. The molecule has 0 heterocycles. The largest absolute Gasteiger partial charge is 0.396 e. The van der Waals surface area contributed by atoms with E-state index in [0.29, 0.717) is 19.0 Å². The molecule has 0 bridgehead atoms.